The normalized spacial score (nSPS) is 11.8. The number of benzene rings is 7. The molecule has 0 radical (unpaired) electrons. The van der Waals surface area contributed by atoms with Crippen LogP contribution in [0.3, 0.4) is 0 Å². The molecule has 0 N–H and O–H groups in total. The number of rotatable bonds is 4. The van der Waals surface area contributed by atoms with Gasteiger partial charge in [0, 0.05) is 53.2 Å². The fourth-order valence-electron chi connectivity index (χ4n) is 6.93. The van der Waals surface area contributed by atoms with Gasteiger partial charge in [-0.1, -0.05) is 121 Å². The molecule has 3 aromatic heterocycles. The van der Waals surface area contributed by atoms with Crippen molar-refractivity contribution in [3.05, 3.63) is 152 Å². The second kappa shape index (κ2) is 10.7. The van der Waals surface area contributed by atoms with Gasteiger partial charge < -0.3 is 4.42 Å². The van der Waals surface area contributed by atoms with E-state index in [-0.39, 0.29) is 0 Å². The Labute approximate surface area is 279 Å². The van der Waals surface area contributed by atoms with Crippen LogP contribution < -0.4 is 0 Å². The molecule has 48 heavy (non-hydrogen) atoms. The molecule has 4 nitrogen and oxygen atoms in total. The van der Waals surface area contributed by atoms with Gasteiger partial charge in [-0.25, -0.2) is 15.0 Å². The average molecular weight is 632 g/mol. The molecular weight excluding hydrogens is 607 g/mol. The first-order valence-electron chi connectivity index (χ1n) is 15.9. The van der Waals surface area contributed by atoms with Crippen LogP contribution in [0.25, 0.3) is 98.2 Å². The molecule has 10 aromatic rings. The molecule has 0 bridgehead atoms. The lowest BCUT2D eigenvalue weighted by Gasteiger charge is -2.12. The predicted molar refractivity (Wildman–Crippen MR) is 199 cm³/mol. The molecule has 3 heterocycles. The maximum atomic E-state index is 6.81. The van der Waals surface area contributed by atoms with Gasteiger partial charge in [0.05, 0.1) is 0 Å². The maximum absolute atomic E-state index is 6.81. The molecule has 0 aliphatic heterocycles. The van der Waals surface area contributed by atoms with Crippen LogP contribution in [0.1, 0.15) is 0 Å². The Morgan fingerprint density at radius 3 is 1.77 bits per heavy atom. The summed E-state index contributed by atoms with van der Waals surface area (Å²) in [6.45, 7) is 0. The van der Waals surface area contributed by atoms with Crippen molar-refractivity contribution in [1.29, 1.82) is 0 Å². The van der Waals surface area contributed by atoms with Crippen LogP contribution in [0.2, 0.25) is 0 Å². The van der Waals surface area contributed by atoms with E-state index in [1.807, 2.05) is 84.1 Å². The molecule has 0 spiro atoms. The monoisotopic (exact) mass is 631 g/mol. The highest BCUT2D eigenvalue weighted by atomic mass is 32.1. The van der Waals surface area contributed by atoms with E-state index in [2.05, 4.69) is 78.9 Å². The van der Waals surface area contributed by atoms with Gasteiger partial charge in [-0.3, -0.25) is 0 Å². The lowest BCUT2D eigenvalue weighted by atomic mass is 9.93. The van der Waals surface area contributed by atoms with Gasteiger partial charge in [-0.2, -0.15) is 0 Å². The molecule has 0 fully saturated rings. The Balaban J connectivity index is 1.30. The number of furan rings is 1. The van der Waals surface area contributed by atoms with Crippen LogP contribution in [0, 0.1) is 0 Å². The van der Waals surface area contributed by atoms with Crippen LogP contribution in [-0.4, -0.2) is 15.0 Å². The summed E-state index contributed by atoms with van der Waals surface area (Å²) in [6.07, 6.45) is 0. The van der Waals surface area contributed by atoms with E-state index in [4.69, 9.17) is 19.4 Å². The van der Waals surface area contributed by atoms with E-state index in [1.165, 1.54) is 30.9 Å². The van der Waals surface area contributed by atoms with Crippen molar-refractivity contribution in [2.24, 2.45) is 0 Å². The smallest absolute Gasteiger partial charge is 0.164 e. The Morgan fingerprint density at radius 2 is 1.02 bits per heavy atom. The standard InChI is InChI=1S/C43H25N3OS/c1-3-13-26(14-4-1)41-44-42(27-15-5-2-6-16-27)46-43(45-41)33-24-23-30(39-37(33)31-19-9-11-21-35(31)47-39)34-25-28-17-7-8-18-29(28)40-38(34)32-20-10-12-22-36(32)48-40/h1-25H. The molecule has 0 saturated carbocycles. The molecule has 0 amide bonds. The number of para-hydroxylation sites is 1. The molecule has 5 heteroatoms. The summed E-state index contributed by atoms with van der Waals surface area (Å²) in [7, 11) is 0. The maximum Gasteiger partial charge on any atom is 0.164 e. The van der Waals surface area contributed by atoms with E-state index in [0.717, 1.165) is 49.8 Å². The highest BCUT2D eigenvalue weighted by Gasteiger charge is 2.23. The molecule has 0 aliphatic carbocycles. The van der Waals surface area contributed by atoms with Crippen molar-refractivity contribution in [3.8, 4) is 45.3 Å². The molecule has 0 aliphatic rings. The Morgan fingerprint density at radius 1 is 0.438 bits per heavy atom. The lowest BCUT2D eigenvalue weighted by molar-refractivity contribution is 0.670. The zero-order valence-electron chi connectivity index (χ0n) is 25.6. The highest BCUT2D eigenvalue weighted by Crippen LogP contribution is 2.48. The first-order valence-corrected chi connectivity index (χ1v) is 16.8. The van der Waals surface area contributed by atoms with Crippen molar-refractivity contribution in [2.45, 2.75) is 0 Å². The van der Waals surface area contributed by atoms with Crippen LogP contribution in [0.5, 0.6) is 0 Å². The Kier molecular flexibility index (Phi) is 6.01. The van der Waals surface area contributed by atoms with E-state index >= 15 is 0 Å². The van der Waals surface area contributed by atoms with Crippen molar-refractivity contribution in [2.75, 3.05) is 0 Å². The van der Waals surface area contributed by atoms with Gasteiger partial charge in [0.1, 0.15) is 11.2 Å². The van der Waals surface area contributed by atoms with Gasteiger partial charge in [0.25, 0.3) is 0 Å². The van der Waals surface area contributed by atoms with Gasteiger partial charge in [0.2, 0.25) is 0 Å². The fraction of sp³-hybridized carbons (Fsp3) is 0. The molecule has 0 unspecified atom stereocenters. The Hall–Kier alpha value is -6.17. The zero-order chi connectivity index (χ0) is 31.6. The first kappa shape index (κ1) is 27.0. The van der Waals surface area contributed by atoms with Gasteiger partial charge in [-0.15, -0.1) is 11.3 Å². The second-order valence-corrected chi connectivity index (χ2v) is 13.0. The third kappa shape index (κ3) is 4.18. The minimum atomic E-state index is 0.607. The minimum Gasteiger partial charge on any atom is -0.455 e. The van der Waals surface area contributed by atoms with Gasteiger partial charge in [0.15, 0.2) is 17.5 Å². The van der Waals surface area contributed by atoms with Crippen LogP contribution in [0.4, 0.5) is 0 Å². The zero-order valence-corrected chi connectivity index (χ0v) is 26.4. The van der Waals surface area contributed by atoms with E-state index in [9.17, 15) is 0 Å². The van der Waals surface area contributed by atoms with Crippen LogP contribution in [0.15, 0.2) is 156 Å². The number of thiophene rings is 1. The number of hydrogen-bond donors (Lipinski definition) is 0. The molecule has 224 valence electrons. The summed E-state index contributed by atoms with van der Waals surface area (Å²) in [5, 5.41) is 7.00. The third-order valence-corrected chi connectivity index (χ3v) is 10.3. The summed E-state index contributed by atoms with van der Waals surface area (Å²) < 4.78 is 9.37. The van der Waals surface area contributed by atoms with Crippen LogP contribution in [-0.2, 0) is 0 Å². The summed E-state index contributed by atoms with van der Waals surface area (Å²) >= 11 is 1.85. The second-order valence-electron chi connectivity index (χ2n) is 11.9. The quantitative estimate of drug-likeness (QED) is 0.194. The van der Waals surface area contributed by atoms with Crippen molar-refractivity contribution < 1.29 is 4.42 Å². The molecule has 0 saturated heterocycles. The summed E-state index contributed by atoms with van der Waals surface area (Å²) in [5.74, 6) is 1.87. The largest absolute Gasteiger partial charge is 0.455 e. The summed E-state index contributed by atoms with van der Waals surface area (Å²) in [4.78, 5) is 15.1. The third-order valence-electron chi connectivity index (χ3n) is 9.13. The first-order chi connectivity index (χ1) is 23.8. The molecular formula is C43H25N3OS. The summed E-state index contributed by atoms with van der Waals surface area (Å²) in [6, 6.07) is 52.5. The van der Waals surface area contributed by atoms with Crippen molar-refractivity contribution >= 4 is 64.2 Å². The number of fused-ring (bicyclic) bond motifs is 8. The van der Waals surface area contributed by atoms with Crippen molar-refractivity contribution in [1.82, 2.24) is 15.0 Å². The van der Waals surface area contributed by atoms with E-state index < -0.39 is 0 Å². The SMILES string of the molecule is c1ccc(-c2nc(-c3ccccc3)nc(-c3ccc(-c4cc5ccccc5c5sc6ccccc6c45)c4oc5ccccc5c34)n2)cc1. The topological polar surface area (TPSA) is 51.8 Å². The lowest BCUT2D eigenvalue weighted by Crippen LogP contribution is -2.00. The van der Waals surface area contributed by atoms with Gasteiger partial charge in [-0.05, 0) is 46.7 Å². The molecule has 0 atom stereocenters. The van der Waals surface area contributed by atoms with E-state index in [0.29, 0.717) is 17.5 Å². The number of aromatic nitrogens is 3. The average Bonchev–Trinajstić information content (AvgIpc) is 3.75. The fourth-order valence-corrected chi connectivity index (χ4v) is 8.19. The number of nitrogens with zero attached hydrogens (tertiary/aromatic N) is 3. The minimum absolute atomic E-state index is 0.607. The van der Waals surface area contributed by atoms with Gasteiger partial charge >= 0.3 is 0 Å². The Bertz CT molecular complexity index is 2780. The molecule has 10 rings (SSSR count). The van der Waals surface area contributed by atoms with Crippen LogP contribution >= 0.6 is 11.3 Å². The number of hydrogen-bond acceptors (Lipinski definition) is 5. The highest BCUT2D eigenvalue weighted by molar-refractivity contribution is 7.26. The van der Waals surface area contributed by atoms with Crippen molar-refractivity contribution in [3.63, 3.8) is 0 Å². The van der Waals surface area contributed by atoms with E-state index in [1.54, 1.807) is 0 Å². The molecule has 7 aromatic carbocycles. The predicted octanol–water partition coefficient (Wildman–Crippen LogP) is 12.0. The summed E-state index contributed by atoms with van der Waals surface area (Å²) in [5.41, 5.74) is 6.63.